The molecule has 0 saturated heterocycles. The van der Waals surface area contributed by atoms with E-state index in [0.29, 0.717) is 0 Å². The van der Waals surface area contributed by atoms with Gasteiger partial charge < -0.3 is 4.74 Å². The van der Waals surface area contributed by atoms with E-state index in [1.807, 2.05) is 13.8 Å². The molecule has 0 aromatic rings. The van der Waals surface area contributed by atoms with Crippen LogP contribution >= 0.6 is 0 Å². The maximum atomic E-state index is 8.23. The van der Waals surface area contributed by atoms with E-state index in [1.165, 1.54) is 0 Å². The number of unbranched alkanes of at least 4 members (excludes halogenated alkanes) is 1. The molecule has 0 amide bonds. The zero-order chi connectivity index (χ0) is 8.04. The molecule has 0 aromatic heterocycles. The molecule has 58 valence electrons. The second-order valence-electron chi connectivity index (χ2n) is 3.06. The summed E-state index contributed by atoms with van der Waals surface area (Å²) in [6.45, 7) is 6.00. The standard InChI is InChI=1S/C8H15NO/c1-4-5-6-8(2,3)10-7-9/h4-6H2,1-3H3. The molecule has 0 atom stereocenters. The first-order valence-electron chi connectivity index (χ1n) is 3.69. The number of nitriles is 1. The Hall–Kier alpha value is -0.710. The van der Waals surface area contributed by atoms with E-state index < -0.39 is 0 Å². The third-order valence-corrected chi connectivity index (χ3v) is 1.45. The van der Waals surface area contributed by atoms with E-state index in [9.17, 15) is 0 Å². The normalized spacial score (nSPS) is 10.6. The lowest BCUT2D eigenvalue weighted by molar-refractivity contribution is 0.0613. The number of hydrogen-bond donors (Lipinski definition) is 0. The van der Waals surface area contributed by atoms with Crippen molar-refractivity contribution in [2.45, 2.75) is 45.6 Å². The van der Waals surface area contributed by atoms with Gasteiger partial charge >= 0.3 is 0 Å². The van der Waals surface area contributed by atoms with Crippen molar-refractivity contribution in [2.24, 2.45) is 0 Å². The summed E-state index contributed by atoms with van der Waals surface area (Å²) in [6.07, 6.45) is 4.94. The molecule has 0 aromatic carbocycles. The molecule has 0 unspecified atom stereocenters. The fourth-order valence-electron chi connectivity index (χ4n) is 0.777. The van der Waals surface area contributed by atoms with Crippen LogP contribution in [0, 0.1) is 11.5 Å². The van der Waals surface area contributed by atoms with Crippen LogP contribution in [0.25, 0.3) is 0 Å². The van der Waals surface area contributed by atoms with Crippen LogP contribution in [0.4, 0.5) is 0 Å². The molecular weight excluding hydrogens is 126 g/mol. The highest BCUT2D eigenvalue weighted by molar-refractivity contribution is 4.72. The predicted octanol–water partition coefficient (Wildman–Crippen LogP) is 2.45. The summed E-state index contributed by atoms with van der Waals surface area (Å²) in [7, 11) is 0. The van der Waals surface area contributed by atoms with Crippen molar-refractivity contribution >= 4 is 0 Å². The van der Waals surface area contributed by atoms with Gasteiger partial charge in [-0.25, -0.2) is 0 Å². The highest BCUT2D eigenvalue weighted by Gasteiger charge is 2.17. The third kappa shape index (κ3) is 4.20. The zero-order valence-electron chi connectivity index (χ0n) is 6.98. The summed E-state index contributed by atoms with van der Waals surface area (Å²) in [5.74, 6) is 0. The summed E-state index contributed by atoms with van der Waals surface area (Å²) >= 11 is 0. The van der Waals surface area contributed by atoms with Crippen LogP contribution in [0.3, 0.4) is 0 Å². The monoisotopic (exact) mass is 141 g/mol. The van der Waals surface area contributed by atoms with E-state index in [-0.39, 0.29) is 5.60 Å². The number of hydrogen-bond acceptors (Lipinski definition) is 2. The summed E-state index contributed by atoms with van der Waals surface area (Å²) in [4.78, 5) is 0. The molecule has 0 N–H and O–H groups in total. The molecule has 0 saturated carbocycles. The van der Waals surface area contributed by atoms with E-state index in [2.05, 4.69) is 6.92 Å². The number of ether oxygens (including phenoxy) is 1. The van der Waals surface area contributed by atoms with E-state index in [1.54, 1.807) is 6.26 Å². The smallest absolute Gasteiger partial charge is 0.286 e. The fourth-order valence-corrected chi connectivity index (χ4v) is 0.777. The molecule has 0 aliphatic heterocycles. The molecule has 0 spiro atoms. The second kappa shape index (κ2) is 4.16. The van der Waals surface area contributed by atoms with Crippen molar-refractivity contribution in [1.82, 2.24) is 0 Å². The minimum absolute atomic E-state index is 0.259. The van der Waals surface area contributed by atoms with Crippen LogP contribution in [0.2, 0.25) is 0 Å². The lowest BCUT2D eigenvalue weighted by atomic mass is 10.0. The van der Waals surface area contributed by atoms with Crippen molar-refractivity contribution in [1.29, 1.82) is 5.26 Å². The molecule has 0 aliphatic carbocycles. The van der Waals surface area contributed by atoms with Gasteiger partial charge in [-0.2, -0.15) is 5.26 Å². The Morgan fingerprint density at radius 1 is 1.50 bits per heavy atom. The van der Waals surface area contributed by atoms with Gasteiger partial charge in [-0.15, -0.1) is 0 Å². The summed E-state index contributed by atoms with van der Waals surface area (Å²) in [5, 5.41) is 8.23. The number of nitrogens with zero attached hydrogens (tertiary/aromatic N) is 1. The Morgan fingerprint density at radius 2 is 2.10 bits per heavy atom. The van der Waals surface area contributed by atoms with Gasteiger partial charge in [0.05, 0.1) is 0 Å². The van der Waals surface area contributed by atoms with Crippen LogP contribution in [-0.2, 0) is 4.74 Å². The van der Waals surface area contributed by atoms with Crippen LogP contribution in [0.1, 0.15) is 40.0 Å². The average molecular weight is 141 g/mol. The van der Waals surface area contributed by atoms with Gasteiger partial charge in [-0.1, -0.05) is 13.3 Å². The van der Waals surface area contributed by atoms with Gasteiger partial charge in [0, 0.05) is 0 Å². The maximum Gasteiger partial charge on any atom is 0.286 e. The van der Waals surface area contributed by atoms with Crippen molar-refractivity contribution in [3.05, 3.63) is 0 Å². The van der Waals surface area contributed by atoms with E-state index in [4.69, 9.17) is 10.00 Å². The molecule has 2 heteroatoms. The average Bonchev–Trinajstić information content (AvgIpc) is 1.84. The van der Waals surface area contributed by atoms with Gasteiger partial charge in [-0.05, 0) is 26.7 Å². The highest BCUT2D eigenvalue weighted by Crippen LogP contribution is 2.16. The van der Waals surface area contributed by atoms with Gasteiger partial charge in [0.25, 0.3) is 6.26 Å². The first-order chi connectivity index (χ1) is 4.62. The van der Waals surface area contributed by atoms with Crippen LogP contribution in [0.5, 0.6) is 0 Å². The topological polar surface area (TPSA) is 33.0 Å². The Kier molecular flexibility index (Phi) is 3.87. The van der Waals surface area contributed by atoms with Crippen molar-refractivity contribution < 1.29 is 4.74 Å². The first-order valence-corrected chi connectivity index (χ1v) is 3.69. The van der Waals surface area contributed by atoms with Crippen LogP contribution < -0.4 is 0 Å². The molecule has 0 aliphatic rings. The highest BCUT2D eigenvalue weighted by atomic mass is 16.5. The van der Waals surface area contributed by atoms with E-state index >= 15 is 0 Å². The first kappa shape index (κ1) is 9.29. The SMILES string of the molecule is CCCCC(C)(C)OC#N. The van der Waals surface area contributed by atoms with Crippen molar-refractivity contribution in [3.63, 3.8) is 0 Å². The second-order valence-corrected chi connectivity index (χ2v) is 3.06. The van der Waals surface area contributed by atoms with Crippen molar-refractivity contribution in [3.8, 4) is 6.26 Å². The maximum absolute atomic E-state index is 8.23. The molecule has 0 heterocycles. The molecule has 0 radical (unpaired) electrons. The predicted molar refractivity (Wildman–Crippen MR) is 40.3 cm³/mol. The molecule has 2 nitrogen and oxygen atoms in total. The molecule has 0 bridgehead atoms. The van der Waals surface area contributed by atoms with Gasteiger partial charge in [0.15, 0.2) is 0 Å². The number of rotatable bonds is 4. The lowest BCUT2D eigenvalue weighted by Crippen LogP contribution is -2.21. The minimum atomic E-state index is -0.259. The fraction of sp³-hybridized carbons (Fsp3) is 0.875. The van der Waals surface area contributed by atoms with E-state index in [0.717, 1.165) is 19.3 Å². The van der Waals surface area contributed by atoms with Crippen molar-refractivity contribution in [2.75, 3.05) is 0 Å². The molecular formula is C8H15NO. The largest absolute Gasteiger partial charge is 0.421 e. The Labute approximate surface area is 62.8 Å². The summed E-state index contributed by atoms with van der Waals surface area (Å²) < 4.78 is 4.84. The lowest BCUT2D eigenvalue weighted by Gasteiger charge is -2.20. The van der Waals surface area contributed by atoms with Gasteiger partial charge in [0.1, 0.15) is 5.60 Å². The summed E-state index contributed by atoms with van der Waals surface area (Å²) in [5.41, 5.74) is -0.259. The molecule has 10 heavy (non-hydrogen) atoms. The molecule has 0 fully saturated rings. The van der Waals surface area contributed by atoms with Crippen LogP contribution in [0.15, 0.2) is 0 Å². The minimum Gasteiger partial charge on any atom is -0.421 e. The quantitative estimate of drug-likeness (QED) is 0.563. The summed E-state index contributed by atoms with van der Waals surface area (Å²) in [6, 6.07) is 0. The Bertz CT molecular complexity index is 124. The van der Waals surface area contributed by atoms with Crippen LogP contribution in [-0.4, -0.2) is 5.60 Å². The zero-order valence-corrected chi connectivity index (χ0v) is 6.98. The molecule has 0 rings (SSSR count). The van der Waals surface area contributed by atoms with Gasteiger partial charge in [0.2, 0.25) is 0 Å². The Balaban J connectivity index is 3.55. The van der Waals surface area contributed by atoms with Gasteiger partial charge in [-0.3, -0.25) is 0 Å². The Morgan fingerprint density at radius 3 is 2.50 bits per heavy atom. The third-order valence-electron chi connectivity index (χ3n) is 1.45.